The molecule has 0 saturated heterocycles. The van der Waals surface area contributed by atoms with Gasteiger partial charge >= 0.3 is 5.97 Å². The van der Waals surface area contributed by atoms with Gasteiger partial charge in [-0.25, -0.2) is 0 Å². The molecule has 1 aromatic carbocycles. The summed E-state index contributed by atoms with van der Waals surface area (Å²) in [6, 6.07) is 4.27. The zero-order valence-corrected chi connectivity index (χ0v) is 18.8. The van der Waals surface area contributed by atoms with Crippen LogP contribution in [0.4, 0.5) is 0 Å². The van der Waals surface area contributed by atoms with E-state index in [1.807, 2.05) is 26.0 Å². The smallest absolute Gasteiger partial charge is 0.311 e. The third-order valence-corrected chi connectivity index (χ3v) is 6.41. The van der Waals surface area contributed by atoms with Crippen LogP contribution in [0, 0.1) is 30.6 Å². The van der Waals surface area contributed by atoms with Gasteiger partial charge in [0.1, 0.15) is 0 Å². The van der Waals surface area contributed by atoms with Crippen molar-refractivity contribution in [2.24, 2.45) is 16.7 Å². The maximum Gasteiger partial charge on any atom is 0.311 e. The molecule has 1 aliphatic carbocycles. The van der Waals surface area contributed by atoms with Gasteiger partial charge in [0.15, 0.2) is 0 Å². The second-order valence-corrected chi connectivity index (χ2v) is 10.4. The number of carboxylic acid groups (broad SMARTS) is 1. The van der Waals surface area contributed by atoms with Crippen molar-refractivity contribution in [3.8, 4) is 0 Å². The van der Waals surface area contributed by atoms with Crippen molar-refractivity contribution in [1.82, 2.24) is 0 Å². The first-order valence-corrected chi connectivity index (χ1v) is 10.2. The summed E-state index contributed by atoms with van der Waals surface area (Å²) in [5, 5.41) is 10.1. The first-order chi connectivity index (χ1) is 11.6. The number of rotatable bonds is 6. The van der Waals surface area contributed by atoms with Gasteiger partial charge in [0, 0.05) is 11.5 Å². The first-order valence-electron chi connectivity index (χ1n) is 8.18. The SMILES string of the molecule is Cc1cc(C/C=C\Cl)cc(C)c1C[C@@]1(C(=O)O)C(C=C(Br)Br)C1(C)C. The molecule has 5 heteroatoms. The third kappa shape index (κ3) is 3.77. The highest BCUT2D eigenvalue weighted by Gasteiger charge is 2.74. The minimum Gasteiger partial charge on any atom is -0.481 e. The van der Waals surface area contributed by atoms with Gasteiger partial charge in [0.2, 0.25) is 0 Å². The molecule has 0 spiro atoms. The lowest BCUT2D eigenvalue weighted by Gasteiger charge is -2.20. The van der Waals surface area contributed by atoms with Gasteiger partial charge in [0.05, 0.1) is 8.81 Å². The fraction of sp³-hybridized carbons (Fsp3) is 0.450. The molecule has 2 nitrogen and oxygen atoms in total. The summed E-state index contributed by atoms with van der Waals surface area (Å²) in [5.74, 6) is -0.753. The number of aliphatic carboxylic acids is 1. The Morgan fingerprint density at radius 1 is 1.28 bits per heavy atom. The minimum absolute atomic E-state index is 0.0242. The molecule has 2 atom stereocenters. The van der Waals surface area contributed by atoms with Crippen molar-refractivity contribution in [2.75, 3.05) is 0 Å². The van der Waals surface area contributed by atoms with Gasteiger partial charge in [-0.3, -0.25) is 4.79 Å². The molecular weight excluding hydrogens is 467 g/mol. The van der Waals surface area contributed by atoms with E-state index >= 15 is 0 Å². The second kappa shape index (κ2) is 7.58. The van der Waals surface area contributed by atoms with Crippen LogP contribution in [0.1, 0.15) is 36.1 Å². The molecule has 136 valence electrons. The molecule has 0 aromatic heterocycles. The van der Waals surface area contributed by atoms with Crippen LogP contribution in [0.5, 0.6) is 0 Å². The van der Waals surface area contributed by atoms with Gasteiger partial charge in [-0.1, -0.05) is 49.7 Å². The molecule has 2 rings (SSSR count). The van der Waals surface area contributed by atoms with E-state index < -0.39 is 11.4 Å². The van der Waals surface area contributed by atoms with E-state index in [2.05, 4.69) is 57.8 Å². The summed E-state index contributed by atoms with van der Waals surface area (Å²) in [7, 11) is 0. The van der Waals surface area contributed by atoms with Crippen LogP contribution in [0.25, 0.3) is 0 Å². The van der Waals surface area contributed by atoms with Crippen LogP contribution >= 0.6 is 43.5 Å². The maximum atomic E-state index is 12.2. The molecule has 0 bridgehead atoms. The van der Waals surface area contributed by atoms with E-state index in [9.17, 15) is 9.90 Å². The quantitative estimate of drug-likeness (QED) is 0.494. The lowest BCUT2D eigenvalue weighted by Crippen LogP contribution is -2.25. The number of carboxylic acids is 1. The lowest BCUT2D eigenvalue weighted by atomic mass is 9.84. The molecule has 25 heavy (non-hydrogen) atoms. The van der Waals surface area contributed by atoms with E-state index in [0.717, 1.165) is 26.5 Å². The highest BCUT2D eigenvalue weighted by atomic mass is 79.9. The number of carbonyl (C=O) groups is 1. The molecule has 1 aliphatic rings. The maximum absolute atomic E-state index is 12.2. The van der Waals surface area contributed by atoms with E-state index in [1.54, 1.807) is 0 Å². The van der Waals surface area contributed by atoms with E-state index in [1.165, 1.54) is 11.1 Å². The van der Waals surface area contributed by atoms with Crippen molar-refractivity contribution < 1.29 is 9.90 Å². The lowest BCUT2D eigenvalue weighted by molar-refractivity contribution is -0.145. The fourth-order valence-electron chi connectivity index (χ4n) is 4.13. The molecule has 1 unspecified atom stereocenters. The Morgan fingerprint density at radius 2 is 1.84 bits per heavy atom. The number of aryl methyl sites for hydroxylation is 2. The zero-order chi connectivity index (χ0) is 19.0. The molecule has 1 saturated carbocycles. The standard InChI is InChI=1S/C20H23Br2ClO2/c1-12-8-14(6-5-7-23)9-13(2)15(12)11-20(18(24)25)16(10-17(21)22)19(20,3)4/h5,7-10,16H,6,11H2,1-4H3,(H,24,25)/b7-5-/t16?,20-/m0/s1. The van der Waals surface area contributed by atoms with Crippen molar-refractivity contribution in [3.05, 3.63) is 55.5 Å². The summed E-state index contributed by atoms with van der Waals surface area (Å²) in [5.41, 5.74) is 5.05. The van der Waals surface area contributed by atoms with Crippen LogP contribution < -0.4 is 0 Å². The number of hydrogen-bond acceptors (Lipinski definition) is 1. The van der Waals surface area contributed by atoms with Crippen molar-refractivity contribution >= 4 is 49.4 Å². The molecule has 1 fully saturated rings. The zero-order valence-electron chi connectivity index (χ0n) is 14.9. The Hall–Kier alpha value is -0.580. The predicted octanol–water partition coefficient (Wildman–Crippen LogP) is 6.50. The Kier molecular flexibility index (Phi) is 6.28. The highest BCUT2D eigenvalue weighted by Crippen LogP contribution is 2.71. The van der Waals surface area contributed by atoms with E-state index in [-0.39, 0.29) is 11.3 Å². The summed E-state index contributed by atoms with van der Waals surface area (Å²) in [6.45, 7) is 8.20. The van der Waals surface area contributed by atoms with Crippen molar-refractivity contribution in [1.29, 1.82) is 0 Å². The topological polar surface area (TPSA) is 37.3 Å². The molecule has 1 aromatic rings. The van der Waals surface area contributed by atoms with Crippen molar-refractivity contribution in [2.45, 2.75) is 40.5 Å². The normalized spacial score (nSPS) is 24.4. The molecule has 1 N–H and O–H groups in total. The van der Waals surface area contributed by atoms with Gasteiger partial charge in [-0.05, 0) is 86.2 Å². The molecule has 0 heterocycles. The summed E-state index contributed by atoms with van der Waals surface area (Å²) >= 11 is 12.4. The monoisotopic (exact) mass is 488 g/mol. The van der Waals surface area contributed by atoms with Gasteiger partial charge in [0.25, 0.3) is 0 Å². The Balaban J connectivity index is 2.43. The summed E-state index contributed by atoms with van der Waals surface area (Å²) in [4.78, 5) is 12.2. The minimum atomic E-state index is -0.785. The van der Waals surface area contributed by atoms with Crippen LogP contribution in [-0.4, -0.2) is 11.1 Å². The average Bonchev–Trinajstić information content (AvgIpc) is 2.96. The third-order valence-electron chi connectivity index (χ3n) is 5.70. The number of benzene rings is 1. The van der Waals surface area contributed by atoms with E-state index in [0.29, 0.717) is 6.42 Å². The van der Waals surface area contributed by atoms with Crippen LogP contribution in [0.2, 0.25) is 0 Å². The number of allylic oxidation sites excluding steroid dienone is 2. The average molecular weight is 491 g/mol. The van der Waals surface area contributed by atoms with Gasteiger partial charge < -0.3 is 5.11 Å². The Morgan fingerprint density at radius 3 is 2.28 bits per heavy atom. The van der Waals surface area contributed by atoms with Gasteiger partial charge in [-0.15, -0.1) is 0 Å². The highest BCUT2D eigenvalue weighted by molar-refractivity contribution is 9.28. The second-order valence-electron chi connectivity index (χ2n) is 7.38. The fourth-order valence-corrected chi connectivity index (χ4v) is 4.75. The number of halogens is 3. The Labute approximate surface area is 171 Å². The van der Waals surface area contributed by atoms with E-state index in [4.69, 9.17) is 11.6 Å². The van der Waals surface area contributed by atoms with Crippen LogP contribution in [0.15, 0.2) is 33.2 Å². The first kappa shape index (κ1) is 20.7. The molecule has 0 radical (unpaired) electrons. The largest absolute Gasteiger partial charge is 0.481 e. The number of hydrogen-bond donors (Lipinski definition) is 1. The predicted molar refractivity (Wildman–Crippen MR) is 112 cm³/mol. The summed E-state index contributed by atoms with van der Waals surface area (Å²) in [6.07, 6.45) is 5.20. The molecular formula is C20H23Br2ClO2. The molecule has 0 aliphatic heterocycles. The van der Waals surface area contributed by atoms with Crippen molar-refractivity contribution in [3.63, 3.8) is 0 Å². The van der Waals surface area contributed by atoms with Crippen LogP contribution in [0.3, 0.4) is 0 Å². The van der Waals surface area contributed by atoms with Crippen LogP contribution in [-0.2, 0) is 17.6 Å². The Bertz CT molecular complexity index is 725. The summed E-state index contributed by atoms with van der Waals surface area (Å²) < 4.78 is 0.804. The molecule has 0 amide bonds. The van der Waals surface area contributed by atoms with Gasteiger partial charge in [-0.2, -0.15) is 0 Å².